The van der Waals surface area contributed by atoms with Crippen LogP contribution < -0.4 is 15.4 Å². The molecule has 0 radical (unpaired) electrons. The van der Waals surface area contributed by atoms with E-state index in [0.717, 1.165) is 0 Å². The van der Waals surface area contributed by atoms with Gasteiger partial charge in [0.2, 0.25) is 5.88 Å². The molecule has 0 aliphatic heterocycles. The number of benzene rings is 1. The summed E-state index contributed by atoms with van der Waals surface area (Å²) < 4.78 is 22.3. The summed E-state index contributed by atoms with van der Waals surface area (Å²) in [6, 6.07) is 5.52. The summed E-state index contributed by atoms with van der Waals surface area (Å²) in [5.74, 6) is -0.0792. The topological polar surface area (TPSA) is 86.0 Å². The monoisotopic (exact) mass is 344 g/mol. The second-order valence-electron chi connectivity index (χ2n) is 5.29. The average Bonchev–Trinajstić information content (AvgIpc) is 3.16. The van der Waals surface area contributed by atoms with Crippen LogP contribution in [-0.2, 0) is 7.05 Å². The number of hydrogen-bond acceptors (Lipinski definition) is 4. The molecule has 0 aliphatic rings. The fraction of sp³-hybridized carbons (Fsp3) is 0.188. The second kappa shape index (κ2) is 6.63. The molecule has 2 N–H and O–H groups in total. The molecule has 3 aromatic rings. The minimum Gasteiger partial charge on any atom is -0.480 e. The van der Waals surface area contributed by atoms with Gasteiger partial charge < -0.3 is 15.4 Å². The summed E-state index contributed by atoms with van der Waals surface area (Å²) in [7, 11) is 3.20. The Labute approximate surface area is 143 Å². The Morgan fingerprint density at radius 2 is 2.12 bits per heavy atom. The maximum Gasteiger partial charge on any atom is 0.323 e. The van der Waals surface area contributed by atoms with Crippen molar-refractivity contribution >= 4 is 17.4 Å². The molecule has 0 unspecified atom stereocenters. The molecule has 2 aromatic heterocycles. The van der Waals surface area contributed by atoms with Crippen molar-refractivity contribution in [3.63, 3.8) is 0 Å². The molecule has 0 aliphatic carbocycles. The van der Waals surface area contributed by atoms with Crippen molar-refractivity contribution in [1.82, 2.24) is 19.6 Å². The van der Waals surface area contributed by atoms with Crippen LogP contribution in [0.2, 0.25) is 0 Å². The van der Waals surface area contributed by atoms with Gasteiger partial charge in [-0.25, -0.2) is 18.5 Å². The Bertz CT molecular complexity index is 904. The lowest BCUT2D eigenvalue weighted by molar-refractivity contribution is 0.262. The lowest BCUT2D eigenvalue weighted by Gasteiger charge is -2.10. The number of halogens is 1. The number of aryl methyl sites for hydroxylation is 2. The highest BCUT2D eigenvalue weighted by Crippen LogP contribution is 2.27. The average molecular weight is 344 g/mol. The van der Waals surface area contributed by atoms with Gasteiger partial charge in [-0.05, 0) is 31.2 Å². The van der Waals surface area contributed by atoms with Gasteiger partial charge in [0, 0.05) is 25.1 Å². The van der Waals surface area contributed by atoms with Crippen LogP contribution in [0.3, 0.4) is 0 Å². The zero-order valence-electron chi connectivity index (χ0n) is 13.9. The third kappa shape index (κ3) is 3.30. The predicted octanol–water partition coefficient (Wildman–Crippen LogP) is 2.71. The number of hydrogen-bond donors (Lipinski definition) is 2. The molecule has 0 fully saturated rings. The molecule has 0 spiro atoms. The van der Waals surface area contributed by atoms with Crippen LogP contribution in [-0.4, -0.2) is 32.7 Å². The molecular weight excluding hydrogens is 327 g/mol. The molecule has 8 nitrogen and oxygen atoms in total. The van der Waals surface area contributed by atoms with Crippen LogP contribution in [0.1, 0.15) is 5.69 Å². The standard InChI is InChI=1S/C16H17FN6O2/c1-10-14(15(25-3)22(2)21-10)20-16(24)19-11-5-6-13(12(17)9-11)23-8-4-7-18-23/h4-9H,1-3H3,(H2,19,20,24). The first-order valence-electron chi connectivity index (χ1n) is 7.44. The molecule has 0 saturated carbocycles. The molecule has 130 valence electrons. The second-order valence-corrected chi connectivity index (χ2v) is 5.29. The first-order chi connectivity index (χ1) is 12.0. The Kier molecular flexibility index (Phi) is 4.38. The summed E-state index contributed by atoms with van der Waals surface area (Å²) in [5, 5.41) is 13.4. The van der Waals surface area contributed by atoms with E-state index in [4.69, 9.17) is 4.74 Å². The zero-order chi connectivity index (χ0) is 18.0. The van der Waals surface area contributed by atoms with Crippen molar-refractivity contribution in [3.8, 4) is 11.6 Å². The molecule has 3 rings (SSSR count). The molecule has 2 heterocycles. The summed E-state index contributed by atoms with van der Waals surface area (Å²) in [6.45, 7) is 1.75. The molecule has 0 saturated heterocycles. The van der Waals surface area contributed by atoms with Gasteiger partial charge in [-0.2, -0.15) is 10.2 Å². The molecule has 2 amide bonds. The fourth-order valence-corrected chi connectivity index (χ4v) is 2.47. The van der Waals surface area contributed by atoms with Crippen LogP contribution in [0.4, 0.5) is 20.6 Å². The molecule has 25 heavy (non-hydrogen) atoms. The van der Waals surface area contributed by atoms with Crippen LogP contribution in [0.25, 0.3) is 5.69 Å². The number of anilines is 2. The molecule has 1 aromatic carbocycles. The molecule has 0 bridgehead atoms. The summed E-state index contributed by atoms with van der Waals surface area (Å²) in [6.07, 6.45) is 3.19. The highest BCUT2D eigenvalue weighted by molar-refractivity contribution is 6.01. The predicted molar refractivity (Wildman–Crippen MR) is 90.7 cm³/mol. The van der Waals surface area contributed by atoms with Gasteiger partial charge in [0.25, 0.3) is 0 Å². The molecule has 0 atom stereocenters. The highest BCUT2D eigenvalue weighted by atomic mass is 19.1. The van der Waals surface area contributed by atoms with Crippen molar-refractivity contribution in [3.05, 3.63) is 48.2 Å². The third-order valence-electron chi connectivity index (χ3n) is 3.56. The third-order valence-corrected chi connectivity index (χ3v) is 3.56. The number of urea groups is 1. The first kappa shape index (κ1) is 16.5. The SMILES string of the molecule is COc1c(NC(=O)Nc2ccc(-n3cccn3)c(F)c2)c(C)nn1C. The van der Waals surface area contributed by atoms with Crippen LogP contribution in [0, 0.1) is 12.7 Å². The van der Waals surface area contributed by atoms with Gasteiger partial charge in [0.15, 0.2) is 5.82 Å². The van der Waals surface area contributed by atoms with Gasteiger partial charge in [0.1, 0.15) is 11.4 Å². The maximum atomic E-state index is 14.2. The highest BCUT2D eigenvalue weighted by Gasteiger charge is 2.16. The number of aromatic nitrogens is 4. The van der Waals surface area contributed by atoms with E-state index in [1.165, 1.54) is 28.6 Å². The number of carbonyl (C=O) groups excluding carboxylic acids is 1. The van der Waals surface area contributed by atoms with Crippen molar-refractivity contribution in [2.75, 3.05) is 17.7 Å². The van der Waals surface area contributed by atoms with Crippen molar-refractivity contribution in [2.24, 2.45) is 7.05 Å². The van der Waals surface area contributed by atoms with Crippen molar-refractivity contribution < 1.29 is 13.9 Å². The van der Waals surface area contributed by atoms with Gasteiger partial charge in [-0.15, -0.1) is 0 Å². The van der Waals surface area contributed by atoms with E-state index in [0.29, 0.717) is 28.6 Å². The number of methoxy groups -OCH3 is 1. The largest absolute Gasteiger partial charge is 0.480 e. The summed E-state index contributed by atoms with van der Waals surface area (Å²) >= 11 is 0. The number of nitrogens with zero attached hydrogens (tertiary/aromatic N) is 4. The lowest BCUT2D eigenvalue weighted by atomic mass is 10.2. The van der Waals surface area contributed by atoms with Gasteiger partial charge in [-0.3, -0.25) is 0 Å². The first-order valence-corrected chi connectivity index (χ1v) is 7.44. The van der Waals surface area contributed by atoms with Gasteiger partial charge in [-0.1, -0.05) is 0 Å². The van der Waals surface area contributed by atoms with Gasteiger partial charge in [0.05, 0.1) is 12.8 Å². The quantitative estimate of drug-likeness (QED) is 0.762. The normalized spacial score (nSPS) is 10.6. The van der Waals surface area contributed by atoms with Crippen molar-refractivity contribution in [1.29, 1.82) is 0 Å². The minimum atomic E-state index is -0.527. The zero-order valence-corrected chi connectivity index (χ0v) is 13.9. The Morgan fingerprint density at radius 3 is 2.76 bits per heavy atom. The number of ether oxygens (including phenoxy) is 1. The Hall–Kier alpha value is -3.36. The number of rotatable bonds is 4. The number of amides is 2. The number of nitrogens with one attached hydrogen (secondary N) is 2. The van der Waals surface area contributed by atoms with Crippen molar-refractivity contribution in [2.45, 2.75) is 6.92 Å². The van der Waals surface area contributed by atoms with E-state index in [9.17, 15) is 9.18 Å². The smallest absolute Gasteiger partial charge is 0.323 e. The van der Waals surface area contributed by atoms with E-state index in [-0.39, 0.29) is 0 Å². The van der Waals surface area contributed by atoms with Crippen LogP contribution >= 0.6 is 0 Å². The molecule has 9 heteroatoms. The van der Waals surface area contributed by atoms with E-state index in [2.05, 4.69) is 20.8 Å². The van der Waals surface area contributed by atoms with Crippen LogP contribution in [0.15, 0.2) is 36.7 Å². The minimum absolute atomic E-state index is 0.292. The summed E-state index contributed by atoms with van der Waals surface area (Å²) in [5.41, 5.74) is 1.66. The Morgan fingerprint density at radius 1 is 1.32 bits per heavy atom. The van der Waals surface area contributed by atoms with E-state index in [1.807, 2.05) is 0 Å². The fourth-order valence-electron chi connectivity index (χ4n) is 2.47. The molecular formula is C16H17FN6O2. The van der Waals surface area contributed by atoms with Gasteiger partial charge >= 0.3 is 6.03 Å². The van der Waals surface area contributed by atoms with E-state index < -0.39 is 11.8 Å². The number of carbonyl (C=O) groups is 1. The van der Waals surface area contributed by atoms with E-state index in [1.54, 1.807) is 38.5 Å². The van der Waals surface area contributed by atoms with Crippen LogP contribution in [0.5, 0.6) is 5.88 Å². The maximum absolute atomic E-state index is 14.2. The van der Waals surface area contributed by atoms with E-state index >= 15 is 0 Å². The lowest BCUT2D eigenvalue weighted by Crippen LogP contribution is -2.20. The summed E-state index contributed by atoms with van der Waals surface area (Å²) in [4.78, 5) is 12.2. The Balaban J connectivity index is 1.75.